The highest BCUT2D eigenvalue weighted by Gasteiger charge is 2.14. The van der Waals surface area contributed by atoms with Gasteiger partial charge in [0.2, 0.25) is 0 Å². The van der Waals surface area contributed by atoms with E-state index >= 15 is 0 Å². The summed E-state index contributed by atoms with van der Waals surface area (Å²) in [6, 6.07) is 5.64. The number of hydrogen-bond donors (Lipinski definition) is 1. The summed E-state index contributed by atoms with van der Waals surface area (Å²) in [7, 11) is 3.53. The quantitative estimate of drug-likeness (QED) is 0.556. The maximum absolute atomic E-state index is 12.3. The first-order chi connectivity index (χ1) is 9.58. The van der Waals surface area contributed by atoms with Crippen LogP contribution >= 0.6 is 0 Å². The molecule has 1 aromatic carbocycles. The van der Waals surface area contributed by atoms with E-state index in [1.165, 1.54) is 0 Å². The van der Waals surface area contributed by atoms with Gasteiger partial charge in [0.05, 0.1) is 19.2 Å². The molecule has 0 aromatic heterocycles. The summed E-state index contributed by atoms with van der Waals surface area (Å²) in [6.07, 6.45) is 2.81. The van der Waals surface area contributed by atoms with Gasteiger partial charge in [0, 0.05) is 6.61 Å². The molecule has 0 heterocycles. The number of ether oxygens (including phenoxy) is 1. The van der Waals surface area contributed by atoms with Crippen LogP contribution < -0.4 is 4.74 Å². The van der Waals surface area contributed by atoms with Crippen LogP contribution in [0.4, 0.5) is 0 Å². The number of unbranched alkanes of at least 4 members (excludes halogenated alkanes) is 2. The monoisotopic (exact) mass is 279 g/mol. The zero-order chi connectivity index (χ0) is 15.0. The normalized spacial score (nSPS) is 10.8. The fourth-order valence-corrected chi connectivity index (χ4v) is 2.11. The summed E-state index contributed by atoms with van der Waals surface area (Å²) in [5.74, 6) is 0.718. The Bertz CT molecular complexity index is 432. The predicted molar refractivity (Wildman–Crippen MR) is 80.5 cm³/mol. The number of ketones is 1. The molecular weight excluding hydrogens is 254 g/mol. The second-order valence-electron chi connectivity index (χ2n) is 5.15. The number of rotatable bonds is 9. The molecule has 0 spiro atoms. The van der Waals surface area contributed by atoms with Gasteiger partial charge in [0.15, 0.2) is 5.78 Å². The van der Waals surface area contributed by atoms with Crippen LogP contribution in [-0.2, 0) is 0 Å². The van der Waals surface area contributed by atoms with Crippen molar-refractivity contribution in [3.05, 3.63) is 29.3 Å². The van der Waals surface area contributed by atoms with Crippen molar-refractivity contribution in [2.24, 2.45) is 0 Å². The Labute approximate surface area is 121 Å². The number of benzene rings is 1. The van der Waals surface area contributed by atoms with Crippen molar-refractivity contribution in [3.63, 3.8) is 0 Å². The number of carbonyl (C=O) groups is 1. The Morgan fingerprint density at radius 3 is 2.70 bits per heavy atom. The second-order valence-corrected chi connectivity index (χ2v) is 5.15. The summed E-state index contributed by atoms with van der Waals surface area (Å²) in [6.45, 7) is 3.46. The summed E-state index contributed by atoms with van der Waals surface area (Å²) >= 11 is 0. The molecule has 0 aliphatic heterocycles. The third-order valence-electron chi connectivity index (χ3n) is 3.27. The molecule has 0 aliphatic rings. The summed E-state index contributed by atoms with van der Waals surface area (Å²) in [5.41, 5.74) is 1.72. The van der Waals surface area contributed by atoms with Gasteiger partial charge in [0.25, 0.3) is 0 Å². The van der Waals surface area contributed by atoms with Gasteiger partial charge in [-0.2, -0.15) is 0 Å². The van der Waals surface area contributed by atoms with Gasteiger partial charge < -0.3 is 9.84 Å². The van der Waals surface area contributed by atoms with E-state index < -0.39 is 0 Å². The van der Waals surface area contributed by atoms with Crippen molar-refractivity contribution >= 4 is 5.78 Å². The van der Waals surface area contributed by atoms with E-state index in [1.54, 1.807) is 7.11 Å². The van der Waals surface area contributed by atoms with Crippen LogP contribution in [0.5, 0.6) is 5.75 Å². The van der Waals surface area contributed by atoms with Gasteiger partial charge in [-0.05, 0) is 57.5 Å². The minimum absolute atomic E-state index is 0.0755. The smallest absolute Gasteiger partial charge is 0.180 e. The average Bonchev–Trinajstić information content (AvgIpc) is 2.43. The molecule has 0 saturated carbocycles. The summed E-state index contributed by atoms with van der Waals surface area (Å²) < 4.78 is 5.27. The van der Waals surface area contributed by atoms with Crippen molar-refractivity contribution in [2.75, 3.05) is 33.9 Å². The Kier molecular flexibility index (Phi) is 7.26. The lowest BCUT2D eigenvalue weighted by molar-refractivity contribution is 0.0942. The molecule has 0 bridgehead atoms. The van der Waals surface area contributed by atoms with E-state index in [2.05, 4.69) is 0 Å². The zero-order valence-corrected chi connectivity index (χ0v) is 12.7. The zero-order valence-electron chi connectivity index (χ0n) is 12.7. The molecule has 0 saturated heterocycles. The Hall–Kier alpha value is -1.39. The largest absolute Gasteiger partial charge is 0.496 e. The fraction of sp³-hybridized carbons (Fsp3) is 0.562. The molecule has 0 radical (unpaired) electrons. The van der Waals surface area contributed by atoms with Crippen LogP contribution in [-0.4, -0.2) is 49.6 Å². The first-order valence-corrected chi connectivity index (χ1v) is 7.05. The maximum atomic E-state index is 12.3. The molecule has 4 heteroatoms. The van der Waals surface area contributed by atoms with E-state index in [4.69, 9.17) is 9.84 Å². The van der Waals surface area contributed by atoms with Crippen LogP contribution in [0.25, 0.3) is 0 Å². The first-order valence-electron chi connectivity index (χ1n) is 7.05. The predicted octanol–water partition coefficient (Wildman–Crippen LogP) is 2.28. The van der Waals surface area contributed by atoms with Crippen LogP contribution in [0, 0.1) is 6.92 Å². The van der Waals surface area contributed by atoms with E-state index in [9.17, 15) is 4.79 Å². The minimum Gasteiger partial charge on any atom is -0.496 e. The number of nitrogens with zero attached hydrogens (tertiary/aromatic N) is 1. The van der Waals surface area contributed by atoms with Gasteiger partial charge in [-0.3, -0.25) is 9.69 Å². The third kappa shape index (κ3) is 5.31. The number of Topliss-reactive ketones (excluding diaryl/α,β-unsaturated/α-hetero) is 1. The number of aryl methyl sites for hydroxylation is 1. The topological polar surface area (TPSA) is 49.8 Å². The fourth-order valence-electron chi connectivity index (χ4n) is 2.11. The van der Waals surface area contributed by atoms with Crippen molar-refractivity contribution in [2.45, 2.75) is 26.2 Å². The molecule has 1 aromatic rings. The molecule has 0 aliphatic carbocycles. The van der Waals surface area contributed by atoms with Crippen LogP contribution in [0.3, 0.4) is 0 Å². The SMILES string of the molecule is COc1cc(C)ccc1C(=O)CN(C)CCCCCO. The molecule has 4 nitrogen and oxygen atoms in total. The lowest BCUT2D eigenvalue weighted by Crippen LogP contribution is -2.27. The first kappa shape index (κ1) is 16.7. The molecule has 1 rings (SSSR count). The second kappa shape index (κ2) is 8.72. The lowest BCUT2D eigenvalue weighted by atomic mass is 10.1. The Morgan fingerprint density at radius 2 is 2.05 bits per heavy atom. The number of carbonyl (C=O) groups excluding carboxylic acids is 1. The van der Waals surface area contributed by atoms with Crippen molar-refractivity contribution in [3.8, 4) is 5.75 Å². The van der Waals surface area contributed by atoms with Gasteiger partial charge in [0.1, 0.15) is 5.75 Å². The van der Waals surface area contributed by atoms with Crippen molar-refractivity contribution in [1.29, 1.82) is 0 Å². The summed E-state index contributed by atoms with van der Waals surface area (Å²) in [4.78, 5) is 14.3. The number of aliphatic hydroxyl groups excluding tert-OH is 1. The lowest BCUT2D eigenvalue weighted by Gasteiger charge is -2.16. The van der Waals surface area contributed by atoms with Crippen LogP contribution in [0.1, 0.15) is 35.2 Å². The van der Waals surface area contributed by atoms with Crippen LogP contribution in [0.2, 0.25) is 0 Å². The number of aliphatic hydroxyl groups is 1. The van der Waals surface area contributed by atoms with Crippen molar-refractivity contribution < 1.29 is 14.6 Å². The average molecular weight is 279 g/mol. The number of methoxy groups -OCH3 is 1. The van der Waals surface area contributed by atoms with E-state index in [0.29, 0.717) is 17.9 Å². The van der Waals surface area contributed by atoms with E-state index in [1.807, 2.05) is 37.1 Å². The molecular formula is C16H25NO3. The highest BCUT2D eigenvalue weighted by atomic mass is 16.5. The molecule has 0 fully saturated rings. The summed E-state index contributed by atoms with van der Waals surface area (Å²) in [5, 5.41) is 8.72. The van der Waals surface area contributed by atoms with Crippen LogP contribution in [0.15, 0.2) is 18.2 Å². The van der Waals surface area contributed by atoms with E-state index in [-0.39, 0.29) is 12.4 Å². The van der Waals surface area contributed by atoms with E-state index in [0.717, 1.165) is 31.4 Å². The highest BCUT2D eigenvalue weighted by Crippen LogP contribution is 2.20. The number of likely N-dealkylation sites (N-methyl/N-ethyl adjacent to an activating group) is 1. The van der Waals surface area contributed by atoms with Gasteiger partial charge >= 0.3 is 0 Å². The molecule has 0 unspecified atom stereocenters. The Morgan fingerprint density at radius 1 is 1.30 bits per heavy atom. The minimum atomic E-state index is 0.0755. The Balaban J connectivity index is 2.53. The molecule has 0 atom stereocenters. The molecule has 0 amide bonds. The maximum Gasteiger partial charge on any atom is 0.180 e. The van der Waals surface area contributed by atoms with Gasteiger partial charge in [-0.25, -0.2) is 0 Å². The number of hydrogen-bond acceptors (Lipinski definition) is 4. The molecule has 20 heavy (non-hydrogen) atoms. The molecule has 1 N–H and O–H groups in total. The van der Waals surface area contributed by atoms with Crippen molar-refractivity contribution in [1.82, 2.24) is 4.90 Å². The highest BCUT2D eigenvalue weighted by molar-refractivity contribution is 6.00. The van der Waals surface area contributed by atoms with Gasteiger partial charge in [-0.1, -0.05) is 6.07 Å². The standard InChI is InChI=1S/C16H25NO3/c1-13-7-8-14(16(11-13)20-3)15(19)12-17(2)9-5-4-6-10-18/h7-8,11,18H,4-6,9-10,12H2,1-3H3. The molecule has 112 valence electrons. The third-order valence-corrected chi connectivity index (χ3v) is 3.27. The van der Waals surface area contributed by atoms with Gasteiger partial charge in [-0.15, -0.1) is 0 Å².